The predicted molar refractivity (Wildman–Crippen MR) is 124 cm³/mol. The normalized spacial score (nSPS) is 11.7. The molecule has 0 bridgehead atoms. The highest BCUT2D eigenvalue weighted by Crippen LogP contribution is 2.23. The maximum atomic E-state index is 13.0. The number of hydrogen-bond donors (Lipinski definition) is 3. The fraction of sp³-hybridized carbons (Fsp3) is 0.458. The van der Waals surface area contributed by atoms with E-state index in [-0.39, 0.29) is 31.0 Å². The molecule has 1 aromatic heterocycles. The van der Waals surface area contributed by atoms with Crippen LogP contribution in [-0.4, -0.2) is 29.0 Å². The van der Waals surface area contributed by atoms with E-state index in [4.69, 9.17) is 10.2 Å². The largest absolute Gasteiger partial charge is 0.456 e. The van der Waals surface area contributed by atoms with Crippen molar-refractivity contribution in [1.29, 1.82) is 0 Å². The fourth-order valence-corrected chi connectivity index (χ4v) is 3.61. The molecule has 0 unspecified atom stereocenters. The number of fused-ring (bicyclic) bond motifs is 2. The van der Waals surface area contributed by atoms with E-state index in [0.29, 0.717) is 34.8 Å². The first kappa shape index (κ1) is 24.4. The molecule has 0 aliphatic carbocycles. The lowest BCUT2D eigenvalue weighted by atomic mass is 9.93. The molecule has 0 atom stereocenters. The van der Waals surface area contributed by atoms with Crippen molar-refractivity contribution >= 4 is 34.3 Å². The molecule has 0 fully saturated rings. The number of unbranched alkanes of at least 4 members (excludes halogenated alkanes) is 3. The van der Waals surface area contributed by atoms with Gasteiger partial charge in [-0.05, 0) is 61.1 Å². The molecule has 0 saturated carbocycles. The molecule has 6 heteroatoms. The molecule has 5 nitrogen and oxygen atoms in total. The summed E-state index contributed by atoms with van der Waals surface area (Å²) in [5.41, 5.74) is 8.19. The minimum atomic E-state index is -1.01. The van der Waals surface area contributed by atoms with Crippen molar-refractivity contribution in [1.82, 2.24) is 0 Å². The highest BCUT2D eigenvalue weighted by molar-refractivity contribution is 5.90. The second kappa shape index (κ2) is 10.9. The van der Waals surface area contributed by atoms with Crippen molar-refractivity contribution in [3.63, 3.8) is 0 Å². The maximum absolute atomic E-state index is 13.0. The SMILES string of the molecule is CCCCCCc1ccc2oc3cc(CCC(N)(CO)CO)ccc3c(=O)c2c1.Cl. The van der Waals surface area contributed by atoms with Crippen LogP contribution < -0.4 is 11.2 Å². The lowest BCUT2D eigenvalue weighted by molar-refractivity contribution is 0.115. The smallest absolute Gasteiger partial charge is 0.200 e. The third-order valence-corrected chi connectivity index (χ3v) is 5.66. The van der Waals surface area contributed by atoms with E-state index >= 15 is 0 Å². The number of aliphatic hydroxyl groups excluding tert-OH is 2. The van der Waals surface area contributed by atoms with Crippen LogP contribution in [0.3, 0.4) is 0 Å². The van der Waals surface area contributed by atoms with Crippen LogP contribution in [0.2, 0.25) is 0 Å². The number of hydrogen-bond acceptors (Lipinski definition) is 5. The quantitative estimate of drug-likeness (QED) is 0.330. The van der Waals surface area contributed by atoms with Crippen LogP contribution in [0.1, 0.15) is 50.2 Å². The Hall–Kier alpha value is -1.92. The maximum Gasteiger partial charge on any atom is 0.200 e. The third kappa shape index (κ3) is 5.61. The molecule has 0 saturated heterocycles. The molecule has 0 aliphatic rings. The van der Waals surface area contributed by atoms with Crippen molar-refractivity contribution < 1.29 is 14.6 Å². The van der Waals surface area contributed by atoms with Gasteiger partial charge < -0.3 is 20.4 Å². The summed E-state index contributed by atoms with van der Waals surface area (Å²) in [6.45, 7) is 1.64. The summed E-state index contributed by atoms with van der Waals surface area (Å²) in [4.78, 5) is 13.0. The summed E-state index contributed by atoms with van der Waals surface area (Å²) in [6.07, 6.45) is 6.78. The zero-order valence-electron chi connectivity index (χ0n) is 17.5. The lowest BCUT2D eigenvalue weighted by Gasteiger charge is -2.24. The monoisotopic (exact) mass is 433 g/mol. The van der Waals surface area contributed by atoms with Crippen molar-refractivity contribution in [2.24, 2.45) is 5.73 Å². The highest BCUT2D eigenvalue weighted by Gasteiger charge is 2.22. The Morgan fingerprint density at radius 3 is 2.30 bits per heavy atom. The van der Waals surface area contributed by atoms with E-state index in [1.807, 2.05) is 30.3 Å². The van der Waals surface area contributed by atoms with Gasteiger partial charge in [-0.2, -0.15) is 0 Å². The van der Waals surface area contributed by atoms with Gasteiger partial charge in [-0.1, -0.05) is 38.3 Å². The Morgan fingerprint density at radius 1 is 0.900 bits per heavy atom. The van der Waals surface area contributed by atoms with Crippen LogP contribution >= 0.6 is 12.4 Å². The van der Waals surface area contributed by atoms with Crippen LogP contribution in [0, 0.1) is 0 Å². The fourth-order valence-electron chi connectivity index (χ4n) is 3.61. The van der Waals surface area contributed by atoms with Gasteiger partial charge >= 0.3 is 0 Å². The second-order valence-corrected chi connectivity index (χ2v) is 8.08. The first-order chi connectivity index (χ1) is 14.0. The van der Waals surface area contributed by atoms with Gasteiger partial charge in [0.05, 0.1) is 29.5 Å². The van der Waals surface area contributed by atoms with Gasteiger partial charge in [0.1, 0.15) is 11.2 Å². The van der Waals surface area contributed by atoms with E-state index in [9.17, 15) is 15.0 Å². The predicted octanol–water partition coefficient (Wildman–Crippen LogP) is 4.11. The van der Waals surface area contributed by atoms with Crippen LogP contribution in [0.15, 0.2) is 45.6 Å². The molecule has 4 N–H and O–H groups in total. The average Bonchev–Trinajstić information content (AvgIpc) is 2.75. The Labute approximate surface area is 183 Å². The van der Waals surface area contributed by atoms with Crippen molar-refractivity contribution in [2.45, 2.75) is 57.4 Å². The van der Waals surface area contributed by atoms with Crippen molar-refractivity contribution in [3.05, 3.63) is 57.7 Å². The molecular weight excluding hydrogens is 402 g/mol. The minimum absolute atomic E-state index is 0. The summed E-state index contributed by atoms with van der Waals surface area (Å²) in [5, 5.41) is 19.9. The summed E-state index contributed by atoms with van der Waals surface area (Å²) in [7, 11) is 0. The number of aryl methyl sites for hydroxylation is 2. The topological polar surface area (TPSA) is 96.7 Å². The molecule has 0 spiro atoms. The molecule has 0 radical (unpaired) electrons. The Kier molecular flexibility index (Phi) is 8.86. The standard InChI is InChI=1S/C24H31NO4.ClH/c1-2-3-4-5-6-17-8-10-21-20(13-17)23(28)19-9-7-18(14-22(19)29-21)11-12-24(25,15-26)16-27;/h7-10,13-14,26-27H,2-6,11-12,15-16,25H2,1H3;1H. The van der Waals surface area contributed by atoms with Crippen molar-refractivity contribution in [3.8, 4) is 0 Å². The third-order valence-electron chi connectivity index (χ3n) is 5.66. The molecule has 0 aliphatic heterocycles. The van der Waals surface area contributed by atoms with Crippen LogP contribution in [0.25, 0.3) is 21.9 Å². The van der Waals surface area contributed by atoms with Gasteiger partial charge in [0.15, 0.2) is 0 Å². The minimum Gasteiger partial charge on any atom is -0.456 e. The summed E-state index contributed by atoms with van der Waals surface area (Å²) in [6, 6.07) is 11.4. The van der Waals surface area contributed by atoms with E-state index in [1.54, 1.807) is 6.07 Å². The van der Waals surface area contributed by atoms with Gasteiger partial charge in [0, 0.05) is 0 Å². The summed E-state index contributed by atoms with van der Waals surface area (Å²) < 4.78 is 6.02. The van der Waals surface area contributed by atoms with Crippen LogP contribution in [0.4, 0.5) is 0 Å². The van der Waals surface area contributed by atoms with Gasteiger partial charge in [0.2, 0.25) is 5.43 Å². The summed E-state index contributed by atoms with van der Waals surface area (Å²) >= 11 is 0. The molecular formula is C24H32ClNO4. The molecule has 2 aromatic carbocycles. The second-order valence-electron chi connectivity index (χ2n) is 8.08. The first-order valence-electron chi connectivity index (χ1n) is 10.5. The Balaban J connectivity index is 0.00000320. The Bertz CT molecular complexity index is 1030. The number of halogens is 1. The molecule has 0 amide bonds. The van der Waals surface area contributed by atoms with Crippen LogP contribution in [-0.2, 0) is 12.8 Å². The van der Waals surface area contributed by atoms with E-state index in [1.165, 1.54) is 24.8 Å². The Morgan fingerprint density at radius 2 is 1.60 bits per heavy atom. The van der Waals surface area contributed by atoms with Crippen LogP contribution in [0.5, 0.6) is 0 Å². The zero-order chi connectivity index (χ0) is 20.9. The molecule has 3 aromatic rings. The molecule has 1 heterocycles. The zero-order valence-corrected chi connectivity index (χ0v) is 18.3. The van der Waals surface area contributed by atoms with Gasteiger partial charge in [-0.15, -0.1) is 12.4 Å². The van der Waals surface area contributed by atoms with Gasteiger partial charge in [-0.3, -0.25) is 4.79 Å². The highest BCUT2D eigenvalue weighted by atomic mass is 35.5. The van der Waals surface area contributed by atoms with Crippen molar-refractivity contribution in [2.75, 3.05) is 13.2 Å². The molecule has 164 valence electrons. The molecule has 30 heavy (non-hydrogen) atoms. The number of rotatable bonds is 10. The van der Waals surface area contributed by atoms with Gasteiger partial charge in [0.25, 0.3) is 0 Å². The van der Waals surface area contributed by atoms with E-state index in [2.05, 4.69) is 6.92 Å². The van der Waals surface area contributed by atoms with E-state index < -0.39 is 5.54 Å². The lowest BCUT2D eigenvalue weighted by Crippen LogP contribution is -2.47. The number of nitrogens with two attached hydrogens (primary N) is 1. The summed E-state index contributed by atoms with van der Waals surface area (Å²) in [5.74, 6) is 0. The number of aliphatic hydroxyl groups is 2. The first-order valence-corrected chi connectivity index (χ1v) is 10.5. The average molecular weight is 434 g/mol. The number of benzene rings is 2. The molecule has 3 rings (SSSR count). The van der Waals surface area contributed by atoms with E-state index in [0.717, 1.165) is 18.4 Å². The van der Waals surface area contributed by atoms with Gasteiger partial charge in [-0.25, -0.2) is 0 Å².